The zero-order valence-corrected chi connectivity index (χ0v) is 7.53. The van der Waals surface area contributed by atoms with Crippen LogP contribution >= 0.6 is 11.3 Å². The van der Waals surface area contributed by atoms with E-state index < -0.39 is 0 Å². The van der Waals surface area contributed by atoms with Crippen LogP contribution in [0.3, 0.4) is 0 Å². The minimum atomic E-state index is 0.781. The fourth-order valence-electron chi connectivity index (χ4n) is 1.64. The van der Waals surface area contributed by atoms with Crippen LogP contribution in [0.15, 0.2) is 10.8 Å². The molecule has 2 atom stereocenters. The molecule has 1 nitrogen and oxygen atoms in total. The molecule has 0 amide bonds. The van der Waals surface area contributed by atoms with Crippen LogP contribution in [0.1, 0.15) is 23.5 Å². The first kappa shape index (κ1) is 7.32. The van der Waals surface area contributed by atoms with Gasteiger partial charge in [-0.2, -0.15) is 11.3 Å². The highest BCUT2D eigenvalue weighted by Gasteiger charge is 2.37. The molecule has 1 aromatic heterocycles. The predicted molar refractivity (Wildman–Crippen MR) is 49.0 cm³/mol. The fourth-order valence-corrected chi connectivity index (χ4v) is 2.55. The lowest BCUT2D eigenvalue weighted by Gasteiger charge is -1.95. The maximum absolute atomic E-state index is 5.58. The number of hydrogen-bond donors (Lipinski definition) is 1. The average molecular weight is 167 g/mol. The Balaban J connectivity index is 2.14. The van der Waals surface area contributed by atoms with Gasteiger partial charge in [-0.15, -0.1) is 0 Å². The van der Waals surface area contributed by atoms with E-state index in [1.807, 2.05) is 0 Å². The van der Waals surface area contributed by atoms with Gasteiger partial charge < -0.3 is 5.73 Å². The Morgan fingerprint density at radius 3 is 2.91 bits per heavy atom. The van der Waals surface area contributed by atoms with Gasteiger partial charge in [-0.3, -0.25) is 0 Å². The van der Waals surface area contributed by atoms with E-state index in [2.05, 4.69) is 17.7 Å². The van der Waals surface area contributed by atoms with Gasteiger partial charge in [0.15, 0.2) is 0 Å². The van der Waals surface area contributed by atoms with Gasteiger partial charge in [-0.25, -0.2) is 0 Å². The molecule has 1 aromatic rings. The van der Waals surface area contributed by atoms with Crippen molar-refractivity contribution in [1.82, 2.24) is 0 Å². The highest BCUT2D eigenvalue weighted by molar-refractivity contribution is 7.08. The molecule has 2 rings (SSSR count). The number of aryl methyl sites for hydroxylation is 1. The van der Waals surface area contributed by atoms with Crippen molar-refractivity contribution in [3.05, 3.63) is 21.9 Å². The normalized spacial score (nSPS) is 28.9. The summed E-state index contributed by atoms with van der Waals surface area (Å²) in [6.07, 6.45) is 1.31. The molecule has 1 fully saturated rings. The van der Waals surface area contributed by atoms with Crippen LogP contribution in [0.2, 0.25) is 0 Å². The van der Waals surface area contributed by atoms with E-state index in [4.69, 9.17) is 5.73 Å². The summed E-state index contributed by atoms with van der Waals surface area (Å²) in [5.41, 5.74) is 8.59. The molecule has 0 bridgehead atoms. The molecule has 0 aliphatic heterocycles. The van der Waals surface area contributed by atoms with Gasteiger partial charge in [0.1, 0.15) is 0 Å². The number of rotatable bonds is 2. The minimum absolute atomic E-state index is 0.781. The fraction of sp³-hybridized carbons (Fsp3) is 0.556. The third-order valence-corrected chi connectivity index (χ3v) is 3.40. The van der Waals surface area contributed by atoms with Gasteiger partial charge in [0.2, 0.25) is 0 Å². The Bertz CT molecular complexity index is 254. The van der Waals surface area contributed by atoms with E-state index >= 15 is 0 Å². The summed E-state index contributed by atoms with van der Waals surface area (Å²) in [4.78, 5) is 0. The lowest BCUT2D eigenvalue weighted by atomic mass is 10.1. The number of thiophene rings is 1. The third-order valence-electron chi connectivity index (χ3n) is 2.52. The summed E-state index contributed by atoms with van der Waals surface area (Å²) >= 11 is 1.81. The van der Waals surface area contributed by atoms with E-state index in [9.17, 15) is 0 Å². The molecule has 0 spiro atoms. The zero-order valence-electron chi connectivity index (χ0n) is 6.71. The maximum atomic E-state index is 5.58. The molecule has 2 unspecified atom stereocenters. The van der Waals surface area contributed by atoms with Gasteiger partial charge >= 0.3 is 0 Å². The van der Waals surface area contributed by atoms with Crippen LogP contribution in [-0.2, 0) is 0 Å². The van der Waals surface area contributed by atoms with Crippen molar-refractivity contribution in [2.45, 2.75) is 19.3 Å². The van der Waals surface area contributed by atoms with Crippen molar-refractivity contribution in [1.29, 1.82) is 0 Å². The molecule has 0 aromatic carbocycles. The SMILES string of the molecule is Cc1cscc1C1CC1CN. The first-order valence-corrected chi connectivity index (χ1v) is 5.00. The van der Waals surface area contributed by atoms with Crippen molar-refractivity contribution in [3.8, 4) is 0 Å². The lowest BCUT2D eigenvalue weighted by molar-refractivity contribution is 0.809. The highest BCUT2D eigenvalue weighted by atomic mass is 32.1. The Hall–Kier alpha value is -0.340. The molecule has 1 aliphatic rings. The van der Waals surface area contributed by atoms with Gasteiger partial charge in [-0.05, 0) is 53.6 Å². The summed E-state index contributed by atoms with van der Waals surface area (Å²) < 4.78 is 0. The summed E-state index contributed by atoms with van der Waals surface area (Å²) in [7, 11) is 0. The first-order chi connectivity index (χ1) is 5.33. The van der Waals surface area contributed by atoms with Crippen LogP contribution in [-0.4, -0.2) is 6.54 Å². The predicted octanol–water partition coefficient (Wildman–Crippen LogP) is 2.12. The van der Waals surface area contributed by atoms with Gasteiger partial charge in [0.25, 0.3) is 0 Å². The Kier molecular flexibility index (Phi) is 1.74. The second kappa shape index (κ2) is 2.61. The summed E-state index contributed by atoms with van der Waals surface area (Å²) in [5.74, 6) is 1.58. The largest absolute Gasteiger partial charge is 0.330 e. The topological polar surface area (TPSA) is 26.0 Å². The smallest absolute Gasteiger partial charge is 0.00428 e. The maximum Gasteiger partial charge on any atom is -0.00428 e. The van der Waals surface area contributed by atoms with Crippen molar-refractivity contribution in [3.63, 3.8) is 0 Å². The van der Waals surface area contributed by atoms with Crippen molar-refractivity contribution < 1.29 is 0 Å². The summed E-state index contributed by atoms with van der Waals surface area (Å²) in [5, 5.41) is 4.50. The molecule has 1 aliphatic carbocycles. The Morgan fingerprint density at radius 1 is 1.64 bits per heavy atom. The standard InChI is InChI=1S/C9H13NS/c1-6-4-11-5-9(6)8-2-7(8)3-10/h4-5,7-8H,2-3,10H2,1H3. The molecule has 0 radical (unpaired) electrons. The van der Waals surface area contributed by atoms with Crippen molar-refractivity contribution in [2.75, 3.05) is 6.54 Å². The molecule has 1 heterocycles. The van der Waals surface area contributed by atoms with E-state index in [0.29, 0.717) is 0 Å². The van der Waals surface area contributed by atoms with Crippen LogP contribution in [0.5, 0.6) is 0 Å². The molecule has 2 heteroatoms. The van der Waals surface area contributed by atoms with E-state index in [-0.39, 0.29) is 0 Å². The summed E-state index contributed by atoms with van der Waals surface area (Å²) in [6.45, 7) is 3.05. The monoisotopic (exact) mass is 167 g/mol. The summed E-state index contributed by atoms with van der Waals surface area (Å²) in [6, 6.07) is 0. The van der Waals surface area contributed by atoms with E-state index in [0.717, 1.165) is 18.4 Å². The van der Waals surface area contributed by atoms with Gasteiger partial charge in [-0.1, -0.05) is 0 Å². The molecule has 60 valence electrons. The Labute approximate surface area is 71.2 Å². The molecule has 0 saturated heterocycles. The van der Waals surface area contributed by atoms with Crippen molar-refractivity contribution >= 4 is 11.3 Å². The first-order valence-electron chi connectivity index (χ1n) is 4.05. The van der Waals surface area contributed by atoms with E-state index in [1.165, 1.54) is 12.0 Å². The quantitative estimate of drug-likeness (QED) is 0.717. The third kappa shape index (κ3) is 1.21. The lowest BCUT2D eigenvalue weighted by Crippen LogP contribution is -2.01. The highest BCUT2D eigenvalue weighted by Crippen LogP contribution is 2.48. The second-order valence-electron chi connectivity index (χ2n) is 3.35. The van der Waals surface area contributed by atoms with Crippen LogP contribution < -0.4 is 5.73 Å². The van der Waals surface area contributed by atoms with Crippen molar-refractivity contribution in [2.24, 2.45) is 11.7 Å². The molecule has 2 N–H and O–H groups in total. The molecular formula is C9H13NS. The van der Waals surface area contributed by atoms with Crippen LogP contribution in [0.25, 0.3) is 0 Å². The van der Waals surface area contributed by atoms with Crippen LogP contribution in [0.4, 0.5) is 0 Å². The van der Waals surface area contributed by atoms with E-state index in [1.54, 1.807) is 16.9 Å². The molecule has 11 heavy (non-hydrogen) atoms. The number of nitrogens with two attached hydrogens (primary N) is 1. The average Bonchev–Trinajstić information content (AvgIpc) is 2.68. The number of hydrogen-bond acceptors (Lipinski definition) is 2. The van der Waals surface area contributed by atoms with Gasteiger partial charge in [0, 0.05) is 0 Å². The zero-order chi connectivity index (χ0) is 7.84. The minimum Gasteiger partial charge on any atom is -0.330 e. The molecular weight excluding hydrogens is 154 g/mol. The molecule has 1 saturated carbocycles. The second-order valence-corrected chi connectivity index (χ2v) is 4.09. The van der Waals surface area contributed by atoms with Crippen LogP contribution in [0, 0.1) is 12.8 Å². The van der Waals surface area contributed by atoms with Gasteiger partial charge in [0.05, 0.1) is 0 Å². The Morgan fingerprint density at radius 2 is 2.45 bits per heavy atom.